The van der Waals surface area contributed by atoms with Crippen LogP contribution in [0.25, 0.3) is 0 Å². The molecule has 1 aliphatic rings. The van der Waals surface area contributed by atoms with Gasteiger partial charge in [-0.05, 0) is 62.2 Å². The van der Waals surface area contributed by atoms with Crippen LogP contribution in [0.4, 0.5) is 0 Å². The fourth-order valence-electron chi connectivity index (χ4n) is 3.23. The lowest BCUT2D eigenvalue weighted by molar-refractivity contribution is -0.126. The maximum Gasteiger partial charge on any atom is 0.243 e. The molecular weight excluding hydrogens is 398 g/mol. The molecule has 10 heteroatoms. The topological polar surface area (TPSA) is 100 Å². The van der Waals surface area contributed by atoms with E-state index in [-0.39, 0.29) is 18.4 Å². The van der Waals surface area contributed by atoms with E-state index >= 15 is 0 Å². The predicted octanol–water partition coefficient (Wildman–Crippen LogP) is 1.81. The molecule has 1 aromatic heterocycles. The first-order valence-electron chi connectivity index (χ1n) is 9.15. The van der Waals surface area contributed by atoms with Crippen molar-refractivity contribution in [2.24, 2.45) is 13.0 Å². The van der Waals surface area contributed by atoms with Gasteiger partial charge in [-0.3, -0.25) is 9.89 Å². The number of nitrogens with one attached hydrogen (secondary N) is 2. The lowest BCUT2D eigenvalue weighted by Crippen LogP contribution is -2.43. The maximum absolute atomic E-state index is 12.9. The molecule has 0 radical (unpaired) electrons. The van der Waals surface area contributed by atoms with E-state index in [1.54, 1.807) is 23.7 Å². The summed E-state index contributed by atoms with van der Waals surface area (Å²) in [6.45, 7) is 4.80. The number of hydrogen-bond donors (Lipinski definition) is 2. The molecule has 0 bridgehead atoms. The molecule has 1 aliphatic heterocycles. The van der Waals surface area contributed by atoms with Gasteiger partial charge in [-0.25, -0.2) is 8.42 Å². The van der Waals surface area contributed by atoms with Gasteiger partial charge in [0.1, 0.15) is 0 Å². The molecule has 1 aromatic carbocycles. The van der Waals surface area contributed by atoms with Crippen LogP contribution in [0.1, 0.15) is 29.8 Å². The van der Waals surface area contributed by atoms with E-state index < -0.39 is 10.0 Å². The highest BCUT2D eigenvalue weighted by Gasteiger charge is 2.32. The van der Waals surface area contributed by atoms with E-state index in [0.717, 1.165) is 11.1 Å². The summed E-state index contributed by atoms with van der Waals surface area (Å²) >= 11 is 5.05. The molecule has 0 aliphatic carbocycles. The van der Waals surface area contributed by atoms with Crippen LogP contribution in [-0.2, 0) is 28.4 Å². The smallest absolute Gasteiger partial charge is 0.243 e. The minimum Gasteiger partial charge on any atom is -0.349 e. The highest BCUT2D eigenvalue weighted by Crippen LogP contribution is 2.25. The Labute approximate surface area is 170 Å². The van der Waals surface area contributed by atoms with Gasteiger partial charge < -0.3 is 9.88 Å². The summed E-state index contributed by atoms with van der Waals surface area (Å²) < 4.78 is 29.4. The summed E-state index contributed by atoms with van der Waals surface area (Å²) in [6, 6.07) is 5.18. The third kappa shape index (κ3) is 4.18. The number of carbonyl (C=O) groups excluding carboxylic acids is 1. The molecule has 1 fully saturated rings. The van der Waals surface area contributed by atoms with Crippen LogP contribution in [0.15, 0.2) is 23.1 Å². The standard InChI is InChI=1S/C18H25N5O3S2/c1-12-4-5-15(10-13(12)2)28(25,26)23-8-6-14(7-9-23)17(24)19-11-16-20-21-18(27)22(16)3/h4-5,10,14H,6-9,11H2,1-3H3,(H,19,24)(H,21,27). The van der Waals surface area contributed by atoms with Gasteiger partial charge in [0, 0.05) is 26.1 Å². The van der Waals surface area contributed by atoms with Gasteiger partial charge in [0.25, 0.3) is 0 Å². The van der Waals surface area contributed by atoms with E-state index in [0.29, 0.717) is 41.4 Å². The first-order chi connectivity index (χ1) is 13.2. The Kier molecular flexibility index (Phi) is 6.01. The quantitative estimate of drug-likeness (QED) is 0.715. The molecule has 1 amide bonds. The highest BCUT2D eigenvalue weighted by atomic mass is 32.2. The number of amides is 1. The van der Waals surface area contributed by atoms with E-state index in [2.05, 4.69) is 15.5 Å². The number of benzene rings is 1. The first kappa shape index (κ1) is 20.7. The number of aryl methyl sites for hydroxylation is 2. The Morgan fingerprint density at radius 2 is 1.96 bits per heavy atom. The van der Waals surface area contributed by atoms with E-state index in [4.69, 9.17) is 12.2 Å². The number of piperidine rings is 1. The third-order valence-electron chi connectivity index (χ3n) is 5.33. The van der Waals surface area contributed by atoms with Crippen LogP contribution in [0.3, 0.4) is 0 Å². The number of rotatable bonds is 5. The minimum absolute atomic E-state index is 0.0860. The molecule has 0 spiro atoms. The second-order valence-corrected chi connectivity index (χ2v) is 9.47. The van der Waals surface area contributed by atoms with Crippen LogP contribution >= 0.6 is 12.2 Å². The Balaban J connectivity index is 1.58. The summed E-state index contributed by atoms with van der Waals surface area (Å²) in [5.74, 6) is 0.351. The van der Waals surface area contributed by atoms with Crippen molar-refractivity contribution in [1.29, 1.82) is 0 Å². The summed E-state index contributed by atoms with van der Waals surface area (Å²) in [4.78, 5) is 12.8. The Morgan fingerprint density at radius 1 is 1.29 bits per heavy atom. The summed E-state index contributed by atoms with van der Waals surface area (Å²) in [6.07, 6.45) is 0.990. The number of hydrogen-bond acceptors (Lipinski definition) is 5. The molecule has 8 nitrogen and oxygen atoms in total. The maximum atomic E-state index is 12.9. The largest absolute Gasteiger partial charge is 0.349 e. The zero-order valence-electron chi connectivity index (χ0n) is 16.2. The lowest BCUT2D eigenvalue weighted by Gasteiger charge is -2.30. The molecule has 2 heterocycles. The molecule has 0 atom stereocenters. The summed E-state index contributed by atoms with van der Waals surface area (Å²) in [7, 11) is -1.75. The number of aromatic nitrogens is 3. The summed E-state index contributed by atoms with van der Waals surface area (Å²) in [5, 5.41) is 9.61. The van der Waals surface area contributed by atoms with Gasteiger partial charge in [0.05, 0.1) is 11.4 Å². The zero-order valence-corrected chi connectivity index (χ0v) is 17.9. The average Bonchev–Trinajstić information content (AvgIpc) is 3.00. The van der Waals surface area contributed by atoms with Crippen LogP contribution in [-0.4, -0.2) is 46.5 Å². The Bertz CT molecular complexity index is 1030. The highest BCUT2D eigenvalue weighted by molar-refractivity contribution is 7.89. The predicted molar refractivity (Wildman–Crippen MR) is 108 cm³/mol. The van der Waals surface area contributed by atoms with Crippen molar-refractivity contribution < 1.29 is 13.2 Å². The van der Waals surface area contributed by atoms with Crippen molar-refractivity contribution >= 4 is 28.1 Å². The number of aromatic amines is 1. The number of H-pyrrole nitrogens is 1. The third-order valence-corrected chi connectivity index (χ3v) is 7.59. The normalized spacial score (nSPS) is 16.2. The minimum atomic E-state index is -3.54. The zero-order chi connectivity index (χ0) is 20.5. The van der Waals surface area contributed by atoms with Gasteiger partial charge in [-0.1, -0.05) is 6.07 Å². The first-order valence-corrected chi connectivity index (χ1v) is 11.0. The van der Waals surface area contributed by atoms with E-state index in [1.807, 2.05) is 19.9 Å². The summed E-state index contributed by atoms with van der Waals surface area (Å²) in [5.41, 5.74) is 2.01. The van der Waals surface area contributed by atoms with Crippen LogP contribution in [0.5, 0.6) is 0 Å². The van der Waals surface area contributed by atoms with Crippen molar-refractivity contribution in [3.05, 3.63) is 39.9 Å². The molecule has 1 saturated heterocycles. The van der Waals surface area contributed by atoms with E-state index in [1.165, 1.54) is 4.31 Å². The van der Waals surface area contributed by atoms with Gasteiger partial charge in [-0.2, -0.15) is 9.40 Å². The van der Waals surface area contributed by atoms with Crippen molar-refractivity contribution in [2.45, 2.75) is 38.1 Å². The van der Waals surface area contributed by atoms with Crippen molar-refractivity contribution in [2.75, 3.05) is 13.1 Å². The Hall–Kier alpha value is -2.04. The number of nitrogens with zero attached hydrogens (tertiary/aromatic N) is 3. The fourth-order valence-corrected chi connectivity index (χ4v) is 4.94. The van der Waals surface area contributed by atoms with Gasteiger partial charge in [-0.15, -0.1) is 0 Å². The second kappa shape index (κ2) is 8.14. The van der Waals surface area contributed by atoms with Crippen LogP contribution in [0.2, 0.25) is 0 Å². The number of sulfonamides is 1. The van der Waals surface area contributed by atoms with Gasteiger partial charge in [0.2, 0.25) is 15.9 Å². The van der Waals surface area contributed by atoms with Crippen LogP contribution in [0, 0.1) is 24.5 Å². The molecule has 28 heavy (non-hydrogen) atoms. The fraction of sp³-hybridized carbons (Fsp3) is 0.500. The number of carbonyl (C=O) groups is 1. The Morgan fingerprint density at radius 3 is 2.54 bits per heavy atom. The van der Waals surface area contributed by atoms with Crippen molar-refractivity contribution in [3.8, 4) is 0 Å². The molecular formula is C18H25N5O3S2. The van der Waals surface area contributed by atoms with Crippen molar-refractivity contribution in [1.82, 2.24) is 24.4 Å². The van der Waals surface area contributed by atoms with E-state index in [9.17, 15) is 13.2 Å². The molecule has 152 valence electrons. The SMILES string of the molecule is Cc1ccc(S(=O)(=O)N2CCC(C(=O)NCc3n[nH]c(=S)n3C)CC2)cc1C. The second-order valence-electron chi connectivity index (χ2n) is 7.15. The lowest BCUT2D eigenvalue weighted by atomic mass is 9.97. The molecule has 2 N–H and O–H groups in total. The van der Waals surface area contributed by atoms with Gasteiger partial charge >= 0.3 is 0 Å². The molecule has 0 saturated carbocycles. The average molecular weight is 424 g/mol. The van der Waals surface area contributed by atoms with Crippen LogP contribution < -0.4 is 5.32 Å². The molecule has 0 unspecified atom stereocenters. The van der Waals surface area contributed by atoms with Crippen molar-refractivity contribution in [3.63, 3.8) is 0 Å². The monoisotopic (exact) mass is 423 g/mol. The molecule has 2 aromatic rings. The molecule has 3 rings (SSSR count). The van der Waals surface area contributed by atoms with Gasteiger partial charge in [0.15, 0.2) is 10.6 Å².